The van der Waals surface area contributed by atoms with Crippen molar-refractivity contribution in [3.63, 3.8) is 0 Å². The molecular weight excluding hydrogens is 232 g/mol. The van der Waals surface area contributed by atoms with Gasteiger partial charge < -0.3 is 5.32 Å². The van der Waals surface area contributed by atoms with Gasteiger partial charge in [0.2, 0.25) is 0 Å². The van der Waals surface area contributed by atoms with Crippen LogP contribution in [0.1, 0.15) is 30.9 Å². The number of likely N-dealkylation sites (tertiary alicyclic amines) is 1. The van der Waals surface area contributed by atoms with Crippen LogP contribution in [0.5, 0.6) is 0 Å². The van der Waals surface area contributed by atoms with Gasteiger partial charge in [0, 0.05) is 6.04 Å². The molecule has 1 aromatic carbocycles. The molecule has 1 heterocycles. The van der Waals surface area contributed by atoms with Gasteiger partial charge in [-0.3, -0.25) is 4.90 Å². The molecule has 1 N–H and O–H groups in total. The predicted molar refractivity (Wildman–Crippen MR) is 80.5 cm³/mol. The first-order valence-corrected chi connectivity index (χ1v) is 7.88. The summed E-state index contributed by atoms with van der Waals surface area (Å²) in [7, 11) is 0. The van der Waals surface area contributed by atoms with Crippen molar-refractivity contribution in [3.8, 4) is 0 Å². The molecule has 1 saturated heterocycles. The van der Waals surface area contributed by atoms with Crippen LogP contribution in [0.15, 0.2) is 24.3 Å². The molecule has 0 saturated carbocycles. The van der Waals surface area contributed by atoms with Crippen molar-refractivity contribution in [2.24, 2.45) is 5.92 Å². The summed E-state index contributed by atoms with van der Waals surface area (Å²) in [4.78, 5) is 2.74. The number of hydrogen-bond acceptors (Lipinski definition) is 2. The molecule has 19 heavy (non-hydrogen) atoms. The van der Waals surface area contributed by atoms with E-state index in [9.17, 15) is 0 Å². The van der Waals surface area contributed by atoms with E-state index in [4.69, 9.17) is 0 Å². The zero-order chi connectivity index (χ0) is 13.1. The fraction of sp³-hybridized carbons (Fsp3) is 0.647. The molecule has 2 aliphatic rings. The Morgan fingerprint density at radius 1 is 1.11 bits per heavy atom. The molecule has 0 bridgehead atoms. The average Bonchev–Trinajstić information content (AvgIpc) is 2.89. The molecular formula is C17H26N2. The molecule has 0 amide bonds. The number of fused-ring (bicyclic) bond motifs is 1. The van der Waals surface area contributed by atoms with Crippen molar-refractivity contribution in [1.29, 1.82) is 0 Å². The maximum absolute atomic E-state index is 3.50. The normalized spacial score (nSPS) is 21.7. The average molecular weight is 258 g/mol. The maximum Gasteiger partial charge on any atom is 0.0176 e. The van der Waals surface area contributed by atoms with E-state index in [0.717, 1.165) is 18.5 Å². The van der Waals surface area contributed by atoms with Crippen LogP contribution >= 0.6 is 0 Å². The highest BCUT2D eigenvalue weighted by Gasteiger charge is 2.29. The highest BCUT2D eigenvalue weighted by Crippen LogP contribution is 2.28. The van der Waals surface area contributed by atoms with Crippen LogP contribution in [0, 0.1) is 5.92 Å². The second-order valence-corrected chi connectivity index (χ2v) is 6.12. The molecule has 1 aromatic rings. The van der Waals surface area contributed by atoms with E-state index in [1.165, 1.54) is 45.3 Å². The Morgan fingerprint density at radius 3 is 2.32 bits per heavy atom. The van der Waals surface area contributed by atoms with E-state index in [1.54, 1.807) is 11.1 Å². The Labute approximate surface area is 117 Å². The van der Waals surface area contributed by atoms with Crippen LogP contribution in [-0.2, 0) is 12.8 Å². The first-order valence-electron chi connectivity index (χ1n) is 7.88. The van der Waals surface area contributed by atoms with Gasteiger partial charge in [0.1, 0.15) is 0 Å². The van der Waals surface area contributed by atoms with E-state index >= 15 is 0 Å². The van der Waals surface area contributed by atoms with Gasteiger partial charge >= 0.3 is 0 Å². The molecule has 0 spiro atoms. The maximum atomic E-state index is 3.50. The van der Waals surface area contributed by atoms with Crippen molar-refractivity contribution in [2.75, 3.05) is 26.2 Å². The SMILES string of the molecule is CCNCC1CCN(C2Cc3ccccc3C2)CC1. The summed E-state index contributed by atoms with van der Waals surface area (Å²) < 4.78 is 0. The standard InChI is InChI=1S/C17H26N2/c1-2-18-13-14-7-9-19(10-8-14)17-11-15-5-3-4-6-16(15)12-17/h3-6,14,17-18H,2,7-13H2,1H3. The first-order chi connectivity index (χ1) is 9.36. The molecule has 1 fully saturated rings. The number of rotatable bonds is 4. The minimum absolute atomic E-state index is 0.775. The summed E-state index contributed by atoms with van der Waals surface area (Å²) in [6.45, 7) is 7.13. The summed E-state index contributed by atoms with van der Waals surface area (Å²) in [6.07, 6.45) is 5.29. The molecule has 0 unspecified atom stereocenters. The van der Waals surface area contributed by atoms with Crippen LogP contribution in [0.4, 0.5) is 0 Å². The highest BCUT2D eigenvalue weighted by molar-refractivity contribution is 5.33. The summed E-state index contributed by atoms with van der Waals surface area (Å²) in [5.74, 6) is 0.903. The molecule has 0 radical (unpaired) electrons. The van der Waals surface area contributed by atoms with Crippen LogP contribution in [0.3, 0.4) is 0 Å². The van der Waals surface area contributed by atoms with E-state index in [0.29, 0.717) is 0 Å². The molecule has 2 heteroatoms. The molecule has 1 aliphatic heterocycles. The predicted octanol–water partition coefficient (Wildman–Crippen LogP) is 2.48. The number of nitrogens with zero attached hydrogens (tertiary/aromatic N) is 1. The summed E-state index contributed by atoms with van der Waals surface area (Å²) >= 11 is 0. The van der Waals surface area contributed by atoms with Gasteiger partial charge in [-0.2, -0.15) is 0 Å². The Bertz CT molecular complexity index is 382. The Kier molecular flexibility index (Phi) is 4.19. The van der Waals surface area contributed by atoms with Crippen LogP contribution in [0.25, 0.3) is 0 Å². The third kappa shape index (κ3) is 3.01. The lowest BCUT2D eigenvalue weighted by Crippen LogP contribution is -2.43. The van der Waals surface area contributed by atoms with Crippen molar-refractivity contribution in [1.82, 2.24) is 10.2 Å². The van der Waals surface area contributed by atoms with Gasteiger partial charge in [0.05, 0.1) is 0 Å². The minimum atomic E-state index is 0.775. The molecule has 0 atom stereocenters. The lowest BCUT2D eigenvalue weighted by molar-refractivity contribution is 0.135. The van der Waals surface area contributed by atoms with Crippen LogP contribution in [-0.4, -0.2) is 37.1 Å². The van der Waals surface area contributed by atoms with Gasteiger partial charge in [-0.15, -0.1) is 0 Å². The lowest BCUT2D eigenvalue weighted by atomic mass is 9.95. The van der Waals surface area contributed by atoms with Crippen LogP contribution < -0.4 is 5.32 Å². The smallest absolute Gasteiger partial charge is 0.0176 e. The second-order valence-electron chi connectivity index (χ2n) is 6.12. The van der Waals surface area contributed by atoms with Crippen molar-refractivity contribution >= 4 is 0 Å². The fourth-order valence-electron chi connectivity index (χ4n) is 3.66. The third-order valence-electron chi connectivity index (χ3n) is 4.88. The third-order valence-corrected chi connectivity index (χ3v) is 4.88. The largest absolute Gasteiger partial charge is 0.317 e. The zero-order valence-corrected chi connectivity index (χ0v) is 12.1. The number of benzene rings is 1. The van der Waals surface area contributed by atoms with Crippen molar-refractivity contribution < 1.29 is 0 Å². The molecule has 0 aromatic heterocycles. The molecule has 3 rings (SSSR count). The Hall–Kier alpha value is -0.860. The van der Waals surface area contributed by atoms with Crippen molar-refractivity contribution in [2.45, 2.75) is 38.6 Å². The highest BCUT2D eigenvalue weighted by atomic mass is 15.2. The lowest BCUT2D eigenvalue weighted by Gasteiger charge is -2.36. The Morgan fingerprint density at radius 2 is 1.74 bits per heavy atom. The van der Waals surface area contributed by atoms with Gasteiger partial charge in [-0.1, -0.05) is 31.2 Å². The number of nitrogens with one attached hydrogen (secondary N) is 1. The van der Waals surface area contributed by atoms with Crippen molar-refractivity contribution in [3.05, 3.63) is 35.4 Å². The Balaban J connectivity index is 1.51. The number of hydrogen-bond donors (Lipinski definition) is 1. The van der Waals surface area contributed by atoms with E-state index in [1.807, 2.05) is 0 Å². The van der Waals surface area contributed by atoms with Gasteiger partial charge in [-0.25, -0.2) is 0 Å². The minimum Gasteiger partial charge on any atom is -0.317 e. The first kappa shape index (κ1) is 13.1. The zero-order valence-electron chi connectivity index (χ0n) is 12.1. The quantitative estimate of drug-likeness (QED) is 0.892. The summed E-state index contributed by atoms with van der Waals surface area (Å²) in [5.41, 5.74) is 3.17. The van der Waals surface area contributed by atoms with E-state index in [2.05, 4.69) is 41.4 Å². The summed E-state index contributed by atoms with van der Waals surface area (Å²) in [6, 6.07) is 9.77. The van der Waals surface area contributed by atoms with Crippen LogP contribution in [0.2, 0.25) is 0 Å². The topological polar surface area (TPSA) is 15.3 Å². The fourth-order valence-corrected chi connectivity index (χ4v) is 3.66. The van der Waals surface area contributed by atoms with Gasteiger partial charge in [0.15, 0.2) is 0 Å². The second kappa shape index (κ2) is 6.06. The summed E-state index contributed by atoms with van der Waals surface area (Å²) in [5, 5.41) is 3.50. The van der Waals surface area contributed by atoms with Gasteiger partial charge in [-0.05, 0) is 68.9 Å². The van der Waals surface area contributed by atoms with E-state index < -0.39 is 0 Å². The molecule has 1 aliphatic carbocycles. The van der Waals surface area contributed by atoms with Gasteiger partial charge in [0.25, 0.3) is 0 Å². The van der Waals surface area contributed by atoms with E-state index in [-0.39, 0.29) is 0 Å². The number of piperidine rings is 1. The molecule has 2 nitrogen and oxygen atoms in total. The monoisotopic (exact) mass is 258 g/mol. The molecule has 104 valence electrons.